The van der Waals surface area contributed by atoms with Gasteiger partial charge in [0, 0.05) is 5.41 Å². The maximum Gasteiger partial charge on any atom is 0.411 e. The predicted octanol–water partition coefficient (Wildman–Crippen LogP) is 4.95. The second-order valence-corrected chi connectivity index (χ2v) is 9.95. The fraction of sp³-hybridized carbons (Fsp3) is 0.481. The topological polar surface area (TPSA) is 104 Å². The van der Waals surface area contributed by atoms with Crippen LogP contribution in [0.15, 0.2) is 42.5 Å². The van der Waals surface area contributed by atoms with E-state index in [1.807, 2.05) is 6.07 Å². The predicted molar refractivity (Wildman–Crippen MR) is 130 cm³/mol. The fourth-order valence-corrected chi connectivity index (χ4v) is 5.21. The Morgan fingerprint density at radius 1 is 1.08 bits per heavy atom. The molecule has 1 amide bonds. The molecule has 4 atom stereocenters. The standard InChI is InChI=1S/C27H33NO8/c1-7-33-25(31)28-22(18-10-13-20-21(14-18)35-15-34-20)16(2)36-27(24(29)30,26(3,4)5)23(28)17-8-11-19(32-6)12-9-17/h8-14,16,22-23H,7,15H2,1-6H3,(H,29,30). The van der Waals surface area contributed by atoms with E-state index in [4.69, 9.17) is 23.7 Å². The van der Waals surface area contributed by atoms with E-state index < -0.39 is 41.3 Å². The fourth-order valence-electron chi connectivity index (χ4n) is 5.21. The third kappa shape index (κ3) is 4.11. The van der Waals surface area contributed by atoms with Crippen LogP contribution in [0, 0.1) is 5.41 Å². The first-order valence-corrected chi connectivity index (χ1v) is 11.9. The Hall–Kier alpha value is -3.46. The Morgan fingerprint density at radius 3 is 2.31 bits per heavy atom. The summed E-state index contributed by atoms with van der Waals surface area (Å²) in [5.74, 6) is 0.596. The van der Waals surface area contributed by atoms with Gasteiger partial charge in [-0.25, -0.2) is 9.59 Å². The van der Waals surface area contributed by atoms with E-state index in [1.54, 1.807) is 78.1 Å². The summed E-state index contributed by atoms with van der Waals surface area (Å²) in [6.45, 7) is 9.13. The van der Waals surface area contributed by atoms with Crippen LogP contribution in [0.2, 0.25) is 0 Å². The van der Waals surface area contributed by atoms with E-state index in [0.717, 1.165) is 0 Å². The molecule has 2 aliphatic heterocycles. The molecule has 1 fully saturated rings. The van der Waals surface area contributed by atoms with Crippen LogP contribution in [-0.2, 0) is 14.3 Å². The van der Waals surface area contributed by atoms with Crippen molar-refractivity contribution >= 4 is 12.1 Å². The number of hydrogen-bond acceptors (Lipinski definition) is 7. The van der Waals surface area contributed by atoms with Gasteiger partial charge in [0.15, 0.2) is 17.1 Å². The summed E-state index contributed by atoms with van der Waals surface area (Å²) in [5.41, 5.74) is -1.41. The average Bonchev–Trinajstić information content (AvgIpc) is 3.30. The molecule has 2 heterocycles. The minimum absolute atomic E-state index is 0.109. The number of fused-ring (bicyclic) bond motifs is 1. The van der Waals surface area contributed by atoms with Crippen molar-refractivity contribution in [2.24, 2.45) is 5.41 Å². The van der Waals surface area contributed by atoms with Crippen molar-refractivity contribution in [1.29, 1.82) is 0 Å². The van der Waals surface area contributed by atoms with Crippen molar-refractivity contribution in [3.8, 4) is 17.2 Å². The molecule has 9 nitrogen and oxygen atoms in total. The molecule has 2 aromatic carbocycles. The Bertz CT molecular complexity index is 1130. The van der Waals surface area contributed by atoms with Crippen molar-refractivity contribution in [3.05, 3.63) is 53.6 Å². The number of aliphatic carboxylic acids is 1. The van der Waals surface area contributed by atoms with Crippen molar-refractivity contribution in [3.63, 3.8) is 0 Å². The highest BCUT2D eigenvalue weighted by Crippen LogP contribution is 2.55. The monoisotopic (exact) mass is 499 g/mol. The lowest BCUT2D eigenvalue weighted by Gasteiger charge is -2.57. The van der Waals surface area contributed by atoms with E-state index >= 15 is 0 Å². The highest BCUT2D eigenvalue weighted by molar-refractivity contribution is 5.82. The Morgan fingerprint density at radius 2 is 1.72 bits per heavy atom. The highest BCUT2D eigenvalue weighted by Gasteiger charge is 2.65. The minimum atomic E-state index is -1.79. The van der Waals surface area contributed by atoms with Crippen molar-refractivity contribution < 1.29 is 38.4 Å². The van der Waals surface area contributed by atoms with Crippen LogP contribution < -0.4 is 14.2 Å². The van der Waals surface area contributed by atoms with Crippen LogP contribution in [0.4, 0.5) is 4.79 Å². The van der Waals surface area contributed by atoms with E-state index in [0.29, 0.717) is 28.4 Å². The number of carboxylic acids is 1. The Labute approximate surface area is 210 Å². The SMILES string of the molecule is CCOC(=O)N1C(c2ccc3c(c2)OCO3)C(C)OC(C(=O)O)(C(C)(C)C)C1c1ccc(OC)cc1. The third-order valence-corrected chi connectivity index (χ3v) is 6.86. The van der Waals surface area contributed by atoms with Gasteiger partial charge >= 0.3 is 12.1 Å². The first-order valence-electron chi connectivity index (χ1n) is 11.9. The number of ether oxygens (including phenoxy) is 5. The lowest BCUT2D eigenvalue weighted by Crippen LogP contribution is -2.68. The molecule has 0 aromatic heterocycles. The molecule has 194 valence electrons. The van der Waals surface area contributed by atoms with Crippen LogP contribution in [0.25, 0.3) is 0 Å². The lowest BCUT2D eigenvalue weighted by atomic mass is 9.67. The number of methoxy groups -OCH3 is 1. The van der Waals surface area contributed by atoms with E-state index in [-0.39, 0.29) is 13.4 Å². The number of nitrogens with zero attached hydrogens (tertiary/aromatic N) is 1. The quantitative estimate of drug-likeness (QED) is 0.616. The second kappa shape index (κ2) is 9.54. The van der Waals surface area contributed by atoms with Gasteiger partial charge in [-0.2, -0.15) is 0 Å². The molecule has 9 heteroatoms. The smallest absolute Gasteiger partial charge is 0.411 e. The molecule has 1 N–H and O–H groups in total. The van der Waals surface area contributed by atoms with Gasteiger partial charge in [-0.05, 0) is 49.2 Å². The van der Waals surface area contributed by atoms with Gasteiger partial charge in [-0.1, -0.05) is 39.0 Å². The van der Waals surface area contributed by atoms with Gasteiger partial charge < -0.3 is 28.8 Å². The van der Waals surface area contributed by atoms with Gasteiger partial charge in [0.1, 0.15) is 11.8 Å². The zero-order valence-electron chi connectivity index (χ0n) is 21.4. The zero-order chi connectivity index (χ0) is 26.3. The number of rotatable bonds is 5. The third-order valence-electron chi connectivity index (χ3n) is 6.86. The molecular formula is C27H33NO8. The average molecular weight is 500 g/mol. The molecule has 2 aliphatic rings. The largest absolute Gasteiger partial charge is 0.497 e. The number of amides is 1. The molecular weight excluding hydrogens is 466 g/mol. The number of hydrogen-bond donors (Lipinski definition) is 1. The molecule has 4 unspecified atom stereocenters. The Balaban J connectivity index is 1.97. The minimum Gasteiger partial charge on any atom is -0.497 e. The van der Waals surface area contributed by atoms with Crippen LogP contribution in [0.5, 0.6) is 17.2 Å². The number of carbonyl (C=O) groups excluding carboxylic acids is 1. The van der Waals surface area contributed by atoms with Crippen molar-refractivity contribution in [1.82, 2.24) is 4.90 Å². The number of morpholine rings is 1. The molecule has 0 saturated carbocycles. The van der Waals surface area contributed by atoms with Crippen LogP contribution in [0.1, 0.15) is 57.8 Å². The molecule has 1 saturated heterocycles. The summed E-state index contributed by atoms with van der Waals surface area (Å²) in [6.07, 6.45) is -1.33. The van der Waals surface area contributed by atoms with Crippen LogP contribution in [-0.4, -0.2) is 54.3 Å². The number of benzene rings is 2. The first-order chi connectivity index (χ1) is 17.0. The second-order valence-electron chi connectivity index (χ2n) is 9.95. The van der Waals surface area contributed by atoms with Crippen LogP contribution >= 0.6 is 0 Å². The van der Waals surface area contributed by atoms with Gasteiger partial charge in [-0.15, -0.1) is 0 Å². The highest BCUT2D eigenvalue weighted by atomic mass is 16.7. The molecule has 36 heavy (non-hydrogen) atoms. The lowest BCUT2D eigenvalue weighted by molar-refractivity contribution is -0.248. The number of carbonyl (C=O) groups is 2. The molecule has 2 aromatic rings. The first kappa shape index (κ1) is 25.6. The summed E-state index contributed by atoms with van der Waals surface area (Å²) < 4.78 is 28.4. The molecule has 0 bridgehead atoms. The Kier molecular flexibility index (Phi) is 6.79. The normalized spacial score (nSPS) is 25.4. The molecule has 0 aliphatic carbocycles. The van der Waals surface area contributed by atoms with E-state index in [2.05, 4.69) is 0 Å². The molecule has 0 radical (unpaired) electrons. The van der Waals surface area contributed by atoms with E-state index in [9.17, 15) is 14.7 Å². The summed E-state index contributed by atoms with van der Waals surface area (Å²) in [4.78, 5) is 28.3. The summed E-state index contributed by atoms with van der Waals surface area (Å²) in [7, 11) is 1.55. The van der Waals surface area contributed by atoms with Gasteiger partial charge in [0.2, 0.25) is 6.79 Å². The van der Waals surface area contributed by atoms with Gasteiger partial charge in [0.25, 0.3) is 0 Å². The van der Waals surface area contributed by atoms with Crippen LogP contribution in [0.3, 0.4) is 0 Å². The van der Waals surface area contributed by atoms with Gasteiger partial charge in [-0.3, -0.25) is 4.90 Å². The maximum absolute atomic E-state index is 13.7. The van der Waals surface area contributed by atoms with Crippen molar-refractivity contribution in [2.75, 3.05) is 20.5 Å². The van der Waals surface area contributed by atoms with Gasteiger partial charge in [0.05, 0.1) is 25.9 Å². The summed E-state index contributed by atoms with van der Waals surface area (Å²) in [6, 6.07) is 10.7. The number of carboxylic acid groups (broad SMARTS) is 1. The van der Waals surface area contributed by atoms with Crippen molar-refractivity contribution in [2.45, 2.75) is 58.4 Å². The molecule has 0 spiro atoms. The van der Waals surface area contributed by atoms with E-state index in [1.165, 1.54) is 4.90 Å². The maximum atomic E-state index is 13.7. The summed E-state index contributed by atoms with van der Waals surface area (Å²) >= 11 is 0. The molecule has 4 rings (SSSR count). The zero-order valence-corrected chi connectivity index (χ0v) is 21.4. The summed E-state index contributed by atoms with van der Waals surface area (Å²) in [5, 5.41) is 10.7.